The van der Waals surface area contributed by atoms with Gasteiger partial charge >= 0.3 is 0 Å². The van der Waals surface area contributed by atoms with Crippen molar-refractivity contribution < 1.29 is 8.78 Å². The summed E-state index contributed by atoms with van der Waals surface area (Å²) < 4.78 is 26.1. The summed E-state index contributed by atoms with van der Waals surface area (Å²) in [5.41, 5.74) is 2.14. The van der Waals surface area contributed by atoms with E-state index in [1.54, 1.807) is 0 Å². The molecule has 2 aliphatic rings. The smallest absolute Gasteiger partial charge is 0.123 e. The second-order valence-electron chi connectivity index (χ2n) is 8.08. The van der Waals surface area contributed by atoms with E-state index in [4.69, 9.17) is 0 Å². The standard InChI is InChI=1S/C26H28F2N4/c27-23-5-9-25(10-6-23)31-19-15-29(16-20-31)13-3-1-2-4-14-30-17-21-32(22-18-30)26-11-7-24(28)8-12-26/h5-12H,13-22H2. The Morgan fingerprint density at radius 2 is 0.875 bits per heavy atom. The predicted octanol–water partition coefficient (Wildman–Crippen LogP) is 2.92. The molecule has 4 nitrogen and oxygen atoms in total. The summed E-state index contributed by atoms with van der Waals surface area (Å²) in [6, 6.07) is 13.4. The van der Waals surface area contributed by atoms with Gasteiger partial charge in [-0.15, -0.1) is 0 Å². The van der Waals surface area contributed by atoms with Crippen molar-refractivity contribution in [2.24, 2.45) is 0 Å². The summed E-state index contributed by atoms with van der Waals surface area (Å²) >= 11 is 0. The molecule has 0 bridgehead atoms. The number of piperazine rings is 2. The van der Waals surface area contributed by atoms with Gasteiger partial charge in [0.1, 0.15) is 11.6 Å². The van der Waals surface area contributed by atoms with Crippen LogP contribution in [0, 0.1) is 35.3 Å². The van der Waals surface area contributed by atoms with Crippen LogP contribution in [0.5, 0.6) is 0 Å². The van der Waals surface area contributed by atoms with Crippen molar-refractivity contribution in [2.45, 2.75) is 0 Å². The number of benzene rings is 2. The first-order valence-electron chi connectivity index (χ1n) is 11.1. The van der Waals surface area contributed by atoms with E-state index in [1.165, 1.54) is 24.3 Å². The molecule has 0 amide bonds. The first-order chi connectivity index (χ1) is 15.7. The topological polar surface area (TPSA) is 13.0 Å². The molecule has 2 aromatic rings. The zero-order valence-electron chi connectivity index (χ0n) is 18.2. The number of nitrogens with zero attached hydrogens (tertiary/aromatic N) is 4. The van der Waals surface area contributed by atoms with Gasteiger partial charge in [-0.25, -0.2) is 8.78 Å². The normalized spacial score (nSPS) is 17.3. The van der Waals surface area contributed by atoms with E-state index < -0.39 is 0 Å². The summed E-state index contributed by atoms with van der Waals surface area (Å²) in [5.74, 6) is 11.9. The fourth-order valence-electron chi connectivity index (χ4n) is 4.02. The molecule has 0 unspecified atom stereocenters. The van der Waals surface area contributed by atoms with Gasteiger partial charge in [0.15, 0.2) is 0 Å². The second-order valence-corrected chi connectivity index (χ2v) is 8.08. The van der Waals surface area contributed by atoms with Crippen molar-refractivity contribution in [2.75, 3.05) is 75.2 Å². The maximum absolute atomic E-state index is 13.1. The molecule has 0 N–H and O–H groups in total. The molecule has 166 valence electrons. The number of hydrogen-bond donors (Lipinski definition) is 0. The van der Waals surface area contributed by atoms with Gasteiger partial charge in [0, 0.05) is 63.7 Å². The summed E-state index contributed by atoms with van der Waals surface area (Å²) in [5, 5.41) is 0. The molecule has 32 heavy (non-hydrogen) atoms. The molecule has 2 aliphatic heterocycles. The lowest BCUT2D eigenvalue weighted by Crippen LogP contribution is -2.46. The molecule has 0 spiro atoms. The minimum absolute atomic E-state index is 0.198. The highest BCUT2D eigenvalue weighted by atomic mass is 19.1. The Bertz CT molecular complexity index is 899. The molecule has 0 aliphatic carbocycles. The molecule has 0 atom stereocenters. The minimum Gasteiger partial charge on any atom is -0.369 e. The van der Waals surface area contributed by atoms with Gasteiger partial charge in [-0.1, -0.05) is 11.8 Å². The Kier molecular flexibility index (Phi) is 7.61. The zero-order chi connectivity index (χ0) is 22.2. The molecule has 0 aromatic heterocycles. The quantitative estimate of drug-likeness (QED) is 0.686. The fourth-order valence-corrected chi connectivity index (χ4v) is 4.02. The van der Waals surface area contributed by atoms with E-state index in [0.29, 0.717) is 0 Å². The Hall–Kier alpha value is -3.06. The summed E-state index contributed by atoms with van der Waals surface area (Å²) in [7, 11) is 0. The van der Waals surface area contributed by atoms with Gasteiger partial charge in [0.05, 0.1) is 13.1 Å². The molecular weight excluding hydrogens is 406 g/mol. The molecule has 2 fully saturated rings. The monoisotopic (exact) mass is 434 g/mol. The van der Waals surface area contributed by atoms with Crippen LogP contribution < -0.4 is 9.80 Å². The third-order valence-corrected chi connectivity index (χ3v) is 5.97. The van der Waals surface area contributed by atoms with E-state index in [9.17, 15) is 8.78 Å². The summed E-state index contributed by atoms with van der Waals surface area (Å²) in [6.45, 7) is 8.90. The summed E-state index contributed by atoms with van der Waals surface area (Å²) in [6.07, 6.45) is 0. The number of rotatable bonds is 4. The van der Waals surface area contributed by atoms with E-state index in [1.807, 2.05) is 24.3 Å². The Morgan fingerprint density at radius 3 is 1.22 bits per heavy atom. The van der Waals surface area contributed by atoms with Crippen LogP contribution in [0.3, 0.4) is 0 Å². The average Bonchev–Trinajstić information content (AvgIpc) is 2.83. The molecular formula is C26H28F2N4. The molecule has 6 heteroatoms. The molecule has 0 saturated carbocycles. The second kappa shape index (κ2) is 11.0. The first-order valence-corrected chi connectivity index (χ1v) is 11.1. The average molecular weight is 435 g/mol. The Morgan fingerprint density at radius 1 is 0.531 bits per heavy atom. The van der Waals surface area contributed by atoms with Crippen molar-refractivity contribution in [3.05, 3.63) is 60.2 Å². The molecule has 2 heterocycles. The van der Waals surface area contributed by atoms with Crippen molar-refractivity contribution in [3.8, 4) is 23.7 Å². The maximum Gasteiger partial charge on any atom is 0.123 e. The van der Waals surface area contributed by atoms with E-state index in [0.717, 1.165) is 76.8 Å². The van der Waals surface area contributed by atoms with Crippen LogP contribution in [-0.4, -0.2) is 75.2 Å². The van der Waals surface area contributed by atoms with E-state index in [-0.39, 0.29) is 11.6 Å². The lowest BCUT2D eigenvalue weighted by atomic mass is 10.2. The third kappa shape index (κ3) is 6.23. The third-order valence-electron chi connectivity index (χ3n) is 5.97. The van der Waals surface area contributed by atoms with Crippen LogP contribution in [0.15, 0.2) is 48.5 Å². The Labute approximate surface area is 189 Å². The maximum atomic E-state index is 13.1. The largest absolute Gasteiger partial charge is 0.369 e. The molecule has 4 rings (SSSR count). The first kappa shape index (κ1) is 22.1. The van der Waals surface area contributed by atoms with Gasteiger partial charge in [0.25, 0.3) is 0 Å². The lowest BCUT2D eigenvalue weighted by Gasteiger charge is -2.35. The van der Waals surface area contributed by atoms with Crippen LogP contribution in [-0.2, 0) is 0 Å². The van der Waals surface area contributed by atoms with Crippen molar-refractivity contribution >= 4 is 11.4 Å². The van der Waals surface area contributed by atoms with Gasteiger partial charge in [-0.3, -0.25) is 9.80 Å². The van der Waals surface area contributed by atoms with Gasteiger partial charge in [0.2, 0.25) is 0 Å². The summed E-state index contributed by atoms with van der Waals surface area (Å²) in [4.78, 5) is 9.20. The van der Waals surface area contributed by atoms with E-state index >= 15 is 0 Å². The lowest BCUT2D eigenvalue weighted by molar-refractivity contribution is 0.288. The molecule has 0 radical (unpaired) electrons. The van der Waals surface area contributed by atoms with Crippen molar-refractivity contribution in [3.63, 3.8) is 0 Å². The zero-order valence-corrected chi connectivity index (χ0v) is 18.2. The van der Waals surface area contributed by atoms with Gasteiger partial charge < -0.3 is 9.80 Å². The number of anilines is 2. The number of halogens is 2. The predicted molar refractivity (Wildman–Crippen MR) is 126 cm³/mol. The molecule has 2 saturated heterocycles. The van der Waals surface area contributed by atoms with Crippen LogP contribution in [0.2, 0.25) is 0 Å². The minimum atomic E-state index is -0.198. The number of hydrogen-bond acceptors (Lipinski definition) is 4. The van der Waals surface area contributed by atoms with Crippen LogP contribution in [0.25, 0.3) is 0 Å². The molecule has 2 aromatic carbocycles. The van der Waals surface area contributed by atoms with Crippen LogP contribution in [0.4, 0.5) is 20.2 Å². The van der Waals surface area contributed by atoms with Crippen molar-refractivity contribution in [1.29, 1.82) is 0 Å². The fraction of sp³-hybridized carbons (Fsp3) is 0.385. The van der Waals surface area contributed by atoms with E-state index in [2.05, 4.69) is 43.3 Å². The highest BCUT2D eigenvalue weighted by molar-refractivity contribution is 5.47. The van der Waals surface area contributed by atoms with Crippen LogP contribution in [0.1, 0.15) is 0 Å². The van der Waals surface area contributed by atoms with Gasteiger partial charge in [-0.2, -0.15) is 0 Å². The van der Waals surface area contributed by atoms with Gasteiger partial charge in [-0.05, 0) is 60.4 Å². The Balaban J connectivity index is 1.13. The SMILES string of the molecule is Fc1ccc(N2CCN(CC#CC#CCN3CCN(c4ccc(F)cc4)CC3)CC2)cc1. The van der Waals surface area contributed by atoms with Crippen molar-refractivity contribution in [1.82, 2.24) is 9.80 Å². The highest BCUT2D eigenvalue weighted by Crippen LogP contribution is 2.17. The highest BCUT2D eigenvalue weighted by Gasteiger charge is 2.17. The van der Waals surface area contributed by atoms with Crippen LogP contribution >= 0.6 is 0 Å².